The number of amides is 1. The number of ether oxygens (including phenoxy) is 2. The Labute approximate surface area is 158 Å². The van der Waals surface area contributed by atoms with Crippen molar-refractivity contribution in [3.8, 4) is 5.88 Å². The molecule has 0 radical (unpaired) electrons. The van der Waals surface area contributed by atoms with Gasteiger partial charge in [-0.05, 0) is 45.0 Å². The Bertz CT molecular complexity index is 927. The molecule has 2 aromatic heterocycles. The summed E-state index contributed by atoms with van der Waals surface area (Å²) in [5, 5.41) is 8.04. The quantitative estimate of drug-likeness (QED) is 0.675. The second-order valence-electron chi connectivity index (χ2n) is 7.19. The van der Waals surface area contributed by atoms with Gasteiger partial charge in [-0.15, -0.1) is 0 Å². The molecule has 7 nitrogen and oxygen atoms in total. The minimum absolute atomic E-state index is 0.197. The standard InChI is InChI=1S/C20H24N4O3/c1-20(2,3)27-10-9-26-18-8-5-14(12-21-18)19(25)23-16-6-7-17-15(11-16)13-22-24(17)4/h5-8,11-13H,9-10H2,1-4H3,(H,23,25). The van der Waals surface area contributed by atoms with Gasteiger partial charge in [0, 0.05) is 30.4 Å². The summed E-state index contributed by atoms with van der Waals surface area (Å²) < 4.78 is 12.9. The van der Waals surface area contributed by atoms with Crippen LogP contribution in [0.4, 0.5) is 5.69 Å². The van der Waals surface area contributed by atoms with E-state index in [0.29, 0.717) is 30.3 Å². The zero-order valence-corrected chi connectivity index (χ0v) is 16.0. The number of nitrogens with zero attached hydrogens (tertiary/aromatic N) is 3. The van der Waals surface area contributed by atoms with Gasteiger partial charge in [-0.3, -0.25) is 9.48 Å². The number of hydrogen-bond acceptors (Lipinski definition) is 5. The van der Waals surface area contributed by atoms with Gasteiger partial charge in [0.2, 0.25) is 5.88 Å². The van der Waals surface area contributed by atoms with Crippen LogP contribution in [0, 0.1) is 0 Å². The van der Waals surface area contributed by atoms with Crippen molar-refractivity contribution in [1.82, 2.24) is 14.8 Å². The topological polar surface area (TPSA) is 78.3 Å². The van der Waals surface area contributed by atoms with Gasteiger partial charge in [-0.25, -0.2) is 4.98 Å². The van der Waals surface area contributed by atoms with Crippen molar-refractivity contribution in [1.29, 1.82) is 0 Å². The Morgan fingerprint density at radius 3 is 2.67 bits per heavy atom. The number of aromatic nitrogens is 3. The molecule has 7 heteroatoms. The zero-order chi connectivity index (χ0) is 19.4. The number of fused-ring (bicyclic) bond motifs is 1. The number of aryl methyl sites for hydroxylation is 1. The Morgan fingerprint density at radius 2 is 1.96 bits per heavy atom. The molecule has 1 aromatic carbocycles. The van der Waals surface area contributed by atoms with Gasteiger partial charge in [0.25, 0.3) is 5.91 Å². The van der Waals surface area contributed by atoms with E-state index in [9.17, 15) is 4.79 Å². The summed E-state index contributed by atoms with van der Waals surface area (Å²) in [6.45, 7) is 6.85. The van der Waals surface area contributed by atoms with Crippen LogP contribution in [0.25, 0.3) is 10.9 Å². The number of anilines is 1. The SMILES string of the molecule is Cn1ncc2cc(NC(=O)c3ccc(OCCOC(C)(C)C)nc3)ccc21. The predicted molar refractivity (Wildman–Crippen MR) is 104 cm³/mol. The molecule has 2 heterocycles. The van der Waals surface area contributed by atoms with Crippen LogP contribution >= 0.6 is 0 Å². The zero-order valence-electron chi connectivity index (χ0n) is 16.0. The number of rotatable bonds is 6. The summed E-state index contributed by atoms with van der Waals surface area (Å²) in [5.41, 5.74) is 1.98. The van der Waals surface area contributed by atoms with Crippen LogP contribution in [0.3, 0.4) is 0 Å². The third kappa shape index (κ3) is 5.04. The maximum atomic E-state index is 12.4. The van der Waals surface area contributed by atoms with Crippen molar-refractivity contribution in [3.63, 3.8) is 0 Å². The highest BCUT2D eigenvalue weighted by Crippen LogP contribution is 2.19. The van der Waals surface area contributed by atoms with Gasteiger partial charge in [0.05, 0.1) is 29.5 Å². The van der Waals surface area contributed by atoms with Crippen LogP contribution in [0.1, 0.15) is 31.1 Å². The van der Waals surface area contributed by atoms with E-state index in [1.54, 1.807) is 23.0 Å². The van der Waals surface area contributed by atoms with Crippen LogP contribution in [0.2, 0.25) is 0 Å². The van der Waals surface area contributed by atoms with Gasteiger partial charge in [-0.1, -0.05) is 0 Å². The first-order valence-electron chi connectivity index (χ1n) is 8.78. The summed E-state index contributed by atoms with van der Waals surface area (Å²) in [6, 6.07) is 9.02. The number of pyridine rings is 1. The monoisotopic (exact) mass is 368 g/mol. The molecule has 142 valence electrons. The number of carbonyl (C=O) groups is 1. The summed E-state index contributed by atoms with van der Waals surface area (Å²) in [7, 11) is 1.88. The number of carbonyl (C=O) groups excluding carboxylic acids is 1. The molecule has 0 aliphatic heterocycles. The Kier molecular flexibility index (Phi) is 5.41. The minimum Gasteiger partial charge on any atom is -0.475 e. The highest BCUT2D eigenvalue weighted by atomic mass is 16.5. The van der Waals surface area contributed by atoms with Gasteiger partial charge < -0.3 is 14.8 Å². The average Bonchev–Trinajstić information content (AvgIpc) is 2.99. The molecule has 0 fully saturated rings. The van der Waals surface area contributed by atoms with Crippen LogP contribution in [0.15, 0.2) is 42.7 Å². The van der Waals surface area contributed by atoms with E-state index in [1.165, 1.54) is 6.20 Å². The van der Waals surface area contributed by atoms with E-state index in [-0.39, 0.29) is 11.5 Å². The smallest absolute Gasteiger partial charge is 0.257 e. The summed E-state index contributed by atoms with van der Waals surface area (Å²) in [4.78, 5) is 16.6. The fraction of sp³-hybridized carbons (Fsp3) is 0.350. The maximum Gasteiger partial charge on any atom is 0.257 e. The molecule has 0 unspecified atom stereocenters. The highest BCUT2D eigenvalue weighted by Gasteiger charge is 2.11. The third-order valence-corrected chi connectivity index (χ3v) is 3.87. The molecule has 0 saturated heterocycles. The van der Waals surface area contributed by atoms with Gasteiger partial charge in [0.15, 0.2) is 0 Å². The molecule has 3 rings (SSSR count). The van der Waals surface area contributed by atoms with E-state index >= 15 is 0 Å². The van der Waals surface area contributed by atoms with Crippen LogP contribution in [-0.4, -0.2) is 39.5 Å². The molecule has 1 amide bonds. The second kappa shape index (κ2) is 7.75. The molecule has 27 heavy (non-hydrogen) atoms. The molecule has 0 aliphatic rings. The third-order valence-electron chi connectivity index (χ3n) is 3.87. The van der Waals surface area contributed by atoms with Crippen LogP contribution < -0.4 is 10.1 Å². The second-order valence-corrected chi connectivity index (χ2v) is 7.19. The van der Waals surface area contributed by atoms with Crippen molar-refractivity contribution in [2.45, 2.75) is 26.4 Å². The molecule has 0 bridgehead atoms. The Hall–Kier alpha value is -2.93. The van der Waals surface area contributed by atoms with E-state index in [4.69, 9.17) is 9.47 Å². The molecule has 0 aliphatic carbocycles. The van der Waals surface area contributed by atoms with E-state index < -0.39 is 0 Å². The minimum atomic E-state index is -0.228. The first-order chi connectivity index (χ1) is 12.8. The van der Waals surface area contributed by atoms with E-state index in [0.717, 1.165) is 10.9 Å². The largest absolute Gasteiger partial charge is 0.475 e. The molecule has 0 atom stereocenters. The molecule has 1 N–H and O–H groups in total. The normalized spacial score (nSPS) is 11.6. The van der Waals surface area contributed by atoms with Gasteiger partial charge in [-0.2, -0.15) is 5.10 Å². The van der Waals surface area contributed by atoms with Crippen LogP contribution in [-0.2, 0) is 11.8 Å². The number of benzene rings is 1. The molecule has 0 spiro atoms. The maximum absolute atomic E-state index is 12.4. The fourth-order valence-electron chi connectivity index (χ4n) is 2.54. The molecular formula is C20H24N4O3. The van der Waals surface area contributed by atoms with E-state index in [2.05, 4.69) is 15.4 Å². The Balaban J connectivity index is 1.56. The lowest BCUT2D eigenvalue weighted by atomic mass is 10.2. The van der Waals surface area contributed by atoms with Crippen molar-refractivity contribution in [2.24, 2.45) is 7.05 Å². The Morgan fingerprint density at radius 1 is 1.15 bits per heavy atom. The first-order valence-corrected chi connectivity index (χ1v) is 8.78. The lowest BCUT2D eigenvalue weighted by Crippen LogP contribution is -2.22. The molecule has 0 saturated carbocycles. The van der Waals surface area contributed by atoms with E-state index in [1.807, 2.05) is 46.0 Å². The van der Waals surface area contributed by atoms with Gasteiger partial charge >= 0.3 is 0 Å². The van der Waals surface area contributed by atoms with Crippen molar-refractivity contribution >= 4 is 22.5 Å². The van der Waals surface area contributed by atoms with Crippen molar-refractivity contribution in [2.75, 3.05) is 18.5 Å². The van der Waals surface area contributed by atoms with Crippen molar-refractivity contribution < 1.29 is 14.3 Å². The molecular weight excluding hydrogens is 344 g/mol. The van der Waals surface area contributed by atoms with Gasteiger partial charge in [0.1, 0.15) is 6.61 Å². The summed E-state index contributed by atoms with van der Waals surface area (Å²) in [5.74, 6) is 0.231. The summed E-state index contributed by atoms with van der Waals surface area (Å²) in [6.07, 6.45) is 3.26. The molecule has 3 aromatic rings. The highest BCUT2D eigenvalue weighted by molar-refractivity contribution is 6.04. The van der Waals surface area contributed by atoms with Crippen LogP contribution in [0.5, 0.6) is 5.88 Å². The predicted octanol–water partition coefficient (Wildman–Crippen LogP) is 3.41. The number of nitrogens with one attached hydrogen (secondary N) is 1. The average molecular weight is 368 g/mol. The van der Waals surface area contributed by atoms with Crippen molar-refractivity contribution in [3.05, 3.63) is 48.3 Å². The first kappa shape index (κ1) is 18.8. The fourth-order valence-corrected chi connectivity index (χ4v) is 2.54. The lowest BCUT2D eigenvalue weighted by molar-refractivity contribution is -0.0168. The lowest BCUT2D eigenvalue weighted by Gasteiger charge is -2.19. The number of hydrogen-bond donors (Lipinski definition) is 1. The summed E-state index contributed by atoms with van der Waals surface area (Å²) >= 11 is 0.